The highest BCUT2D eigenvalue weighted by Crippen LogP contribution is 2.11. The molecular weight excluding hydrogens is 328 g/mol. The molecule has 1 amide bonds. The maximum absolute atomic E-state index is 12.3. The highest BCUT2D eigenvalue weighted by atomic mass is 16.1. The molecule has 3 rings (SSSR count). The Kier molecular flexibility index (Phi) is 5.25. The Morgan fingerprint density at radius 1 is 1.19 bits per heavy atom. The van der Waals surface area contributed by atoms with Crippen LogP contribution in [0.2, 0.25) is 0 Å². The van der Waals surface area contributed by atoms with Crippen molar-refractivity contribution in [2.75, 3.05) is 25.5 Å². The zero-order valence-electron chi connectivity index (χ0n) is 14.5. The molecule has 0 radical (unpaired) electrons. The van der Waals surface area contributed by atoms with Crippen LogP contribution in [0.1, 0.15) is 15.9 Å². The van der Waals surface area contributed by atoms with Crippen molar-refractivity contribution in [2.45, 2.75) is 0 Å². The number of amides is 1. The van der Waals surface area contributed by atoms with Crippen LogP contribution in [0.5, 0.6) is 0 Å². The number of hydrogen-bond acceptors (Lipinski definition) is 5. The number of anilines is 1. The molecule has 7 nitrogen and oxygen atoms in total. The van der Waals surface area contributed by atoms with Gasteiger partial charge in [-0.2, -0.15) is 0 Å². The number of tetrazole rings is 1. The van der Waals surface area contributed by atoms with Crippen LogP contribution in [-0.4, -0.2) is 46.8 Å². The molecule has 0 bridgehead atoms. The van der Waals surface area contributed by atoms with Crippen molar-refractivity contribution in [3.05, 3.63) is 66.0 Å². The van der Waals surface area contributed by atoms with Crippen LogP contribution in [0, 0.1) is 11.8 Å². The fraction of sp³-hybridized carbons (Fsp3) is 0.158. The summed E-state index contributed by atoms with van der Waals surface area (Å²) in [6.07, 6.45) is 1.48. The number of benzene rings is 2. The largest absolute Gasteiger partial charge is 0.378 e. The lowest BCUT2D eigenvalue weighted by Gasteiger charge is -2.11. The van der Waals surface area contributed by atoms with Gasteiger partial charge in [-0.15, -0.1) is 5.10 Å². The predicted molar refractivity (Wildman–Crippen MR) is 99.1 cm³/mol. The molecule has 0 aliphatic rings. The predicted octanol–water partition coefficient (Wildman–Crippen LogP) is 1.51. The van der Waals surface area contributed by atoms with Crippen LogP contribution in [0.25, 0.3) is 5.69 Å². The zero-order chi connectivity index (χ0) is 18.4. The minimum absolute atomic E-state index is 0.197. The summed E-state index contributed by atoms with van der Waals surface area (Å²) >= 11 is 0. The third kappa shape index (κ3) is 4.24. The summed E-state index contributed by atoms with van der Waals surface area (Å²) in [5, 5.41) is 13.8. The Morgan fingerprint density at radius 3 is 2.69 bits per heavy atom. The van der Waals surface area contributed by atoms with E-state index in [2.05, 4.69) is 32.7 Å². The number of carbonyl (C=O) groups is 1. The van der Waals surface area contributed by atoms with Crippen LogP contribution < -0.4 is 10.2 Å². The van der Waals surface area contributed by atoms with Crippen LogP contribution in [-0.2, 0) is 0 Å². The van der Waals surface area contributed by atoms with Gasteiger partial charge in [0.25, 0.3) is 5.91 Å². The van der Waals surface area contributed by atoms with Crippen molar-refractivity contribution in [1.29, 1.82) is 0 Å². The Balaban J connectivity index is 1.59. The van der Waals surface area contributed by atoms with Crippen LogP contribution in [0.3, 0.4) is 0 Å². The minimum atomic E-state index is -0.197. The number of hydrogen-bond donors (Lipinski definition) is 1. The van der Waals surface area contributed by atoms with Gasteiger partial charge in [0.05, 0.1) is 12.2 Å². The minimum Gasteiger partial charge on any atom is -0.378 e. The van der Waals surface area contributed by atoms with Gasteiger partial charge in [0, 0.05) is 30.9 Å². The Morgan fingerprint density at radius 2 is 2.00 bits per heavy atom. The Bertz CT molecular complexity index is 936. The van der Waals surface area contributed by atoms with E-state index in [1.807, 2.05) is 49.3 Å². The second kappa shape index (κ2) is 7.94. The van der Waals surface area contributed by atoms with Gasteiger partial charge < -0.3 is 10.2 Å². The molecule has 0 unspecified atom stereocenters. The van der Waals surface area contributed by atoms with Crippen LogP contribution in [0.15, 0.2) is 54.9 Å². The third-order valence-corrected chi connectivity index (χ3v) is 3.68. The van der Waals surface area contributed by atoms with Gasteiger partial charge in [-0.05, 0) is 52.9 Å². The normalized spacial score (nSPS) is 9.92. The molecule has 0 saturated heterocycles. The van der Waals surface area contributed by atoms with Gasteiger partial charge >= 0.3 is 0 Å². The zero-order valence-corrected chi connectivity index (χ0v) is 14.5. The van der Waals surface area contributed by atoms with E-state index in [-0.39, 0.29) is 12.5 Å². The summed E-state index contributed by atoms with van der Waals surface area (Å²) in [7, 11) is 3.98. The summed E-state index contributed by atoms with van der Waals surface area (Å²) in [6.45, 7) is 0.267. The molecule has 130 valence electrons. The number of aromatic nitrogens is 4. The van der Waals surface area contributed by atoms with Crippen LogP contribution in [0.4, 0.5) is 5.69 Å². The first-order valence-electron chi connectivity index (χ1n) is 8.01. The Hall–Kier alpha value is -3.66. The van der Waals surface area contributed by atoms with E-state index >= 15 is 0 Å². The second-order valence-electron chi connectivity index (χ2n) is 5.73. The molecule has 1 heterocycles. The molecule has 1 N–H and O–H groups in total. The highest BCUT2D eigenvalue weighted by molar-refractivity contribution is 5.94. The van der Waals surface area contributed by atoms with E-state index in [1.165, 1.54) is 11.0 Å². The third-order valence-electron chi connectivity index (χ3n) is 3.68. The van der Waals surface area contributed by atoms with Crippen molar-refractivity contribution in [3.8, 4) is 17.5 Å². The molecule has 0 fully saturated rings. The van der Waals surface area contributed by atoms with Gasteiger partial charge in [-0.25, -0.2) is 4.68 Å². The standard InChI is InChI=1S/C19H18N6O/c1-24(2)17-10-8-15(9-11-17)5-4-12-20-19(26)16-6-3-7-18(13-16)25-14-21-22-23-25/h3,6-11,13-14H,12H2,1-2H3,(H,20,26). The van der Waals surface area contributed by atoms with Crippen LogP contribution >= 0.6 is 0 Å². The number of nitrogens with one attached hydrogen (secondary N) is 1. The lowest BCUT2D eigenvalue weighted by molar-refractivity contribution is 0.0958. The summed E-state index contributed by atoms with van der Waals surface area (Å²) in [5.74, 6) is 5.80. The molecule has 0 aliphatic carbocycles. The molecule has 1 aromatic heterocycles. The maximum atomic E-state index is 12.3. The lowest BCUT2D eigenvalue weighted by atomic mass is 10.2. The van der Waals surface area contributed by atoms with E-state index in [1.54, 1.807) is 18.2 Å². The first-order valence-corrected chi connectivity index (χ1v) is 8.01. The average Bonchev–Trinajstić information content (AvgIpc) is 3.20. The molecule has 0 atom stereocenters. The van der Waals surface area contributed by atoms with E-state index in [4.69, 9.17) is 0 Å². The van der Waals surface area contributed by atoms with Gasteiger partial charge in [0.1, 0.15) is 6.33 Å². The Labute approximate surface area is 151 Å². The average molecular weight is 346 g/mol. The quantitative estimate of drug-likeness (QED) is 0.725. The number of rotatable bonds is 4. The van der Waals surface area contributed by atoms with Crippen molar-refractivity contribution >= 4 is 11.6 Å². The highest BCUT2D eigenvalue weighted by Gasteiger charge is 2.06. The summed E-state index contributed by atoms with van der Waals surface area (Å²) < 4.78 is 1.49. The summed E-state index contributed by atoms with van der Waals surface area (Å²) in [5.41, 5.74) is 3.27. The van der Waals surface area contributed by atoms with Gasteiger partial charge in [0.15, 0.2) is 0 Å². The molecule has 0 spiro atoms. The fourth-order valence-corrected chi connectivity index (χ4v) is 2.28. The first kappa shape index (κ1) is 17.2. The van der Waals surface area contributed by atoms with Crippen molar-refractivity contribution < 1.29 is 4.79 Å². The summed E-state index contributed by atoms with van der Waals surface area (Å²) in [6, 6.07) is 15.0. The van der Waals surface area contributed by atoms with Gasteiger partial charge in [0.2, 0.25) is 0 Å². The van der Waals surface area contributed by atoms with Crippen molar-refractivity contribution in [3.63, 3.8) is 0 Å². The van der Waals surface area contributed by atoms with Gasteiger partial charge in [-0.1, -0.05) is 17.9 Å². The fourth-order valence-electron chi connectivity index (χ4n) is 2.28. The monoisotopic (exact) mass is 346 g/mol. The molecule has 7 heteroatoms. The maximum Gasteiger partial charge on any atom is 0.252 e. The van der Waals surface area contributed by atoms with E-state index in [0.717, 1.165) is 16.9 Å². The summed E-state index contributed by atoms with van der Waals surface area (Å²) in [4.78, 5) is 14.3. The van der Waals surface area contributed by atoms with E-state index in [9.17, 15) is 4.79 Å². The van der Waals surface area contributed by atoms with E-state index in [0.29, 0.717) is 5.56 Å². The number of carbonyl (C=O) groups excluding carboxylic acids is 1. The smallest absolute Gasteiger partial charge is 0.252 e. The number of nitrogens with zero attached hydrogens (tertiary/aromatic N) is 5. The van der Waals surface area contributed by atoms with Crippen molar-refractivity contribution in [2.24, 2.45) is 0 Å². The molecule has 3 aromatic rings. The molecule has 2 aromatic carbocycles. The lowest BCUT2D eigenvalue weighted by Crippen LogP contribution is -2.23. The second-order valence-corrected chi connectivity index (χ2v) is 5.73. The first-order chi connectivity index (χ1) is 12.6. The SMILES string of the molecule is CN(C)c1ccc(C#CCNC(=O)c2cccc(-n3cnnn3)c2)cc1. The molecule has 26 heavy (non-hydrogen) atoms. The van der Waals surface area contributed by atoms with Gasteiger partial charge in [-0.3, -0.25) is 4.79 Å². The molecule has 0 aliphatic heterocycles. The molecule has 0 saturated carbocycles. The van der Waals surface area contributed by atoms with Crippen molar-refractivity contribution in [1.82, 2.24) is 25.5 Å². The topological polar surface area (TPSA) is 75.9 Å². The molecular formula is C19H18N6O. The van der Waals surface area contributed by atoms with E-state index < -0.39 is 0 Å².